The molecule has 0 saturated carbocycles. The Bertz CT molecular complexity index is 871. The van der Waals surface area contributed by atoms with E-state index in [2.05, 4.69) is 60.9 Å². The summed E-state index contributed by atoms with van der Waals surface area (Å²) in [6, 6.07) is 12.6. The Balaban J connectivity index is 1.90. The largest absolute Gasteiger partial charge is 0.489 e. The van der Waals surface area contributed by atoms with E-state index < -0.39 is 5.91 Å². The summed E-state index contributed by atoms with van der Waals surface area (Å²) in [7, 11) is 0. The number of hydrogen-bond donors (Lipinski definition) is 2. The minimum atomic E-state index is -0.436. The van der Waals surface area contributed by atoms with Gasteiger partial charge in [0.15, 0.2) is 0 Å². The van der Waals surface area contributed by atoms with Gasteiger partial charge in [-0.15, -0.1) is 0 Å². The molecule has 0 aliphatic heterocycles. The minimum Gasteiger partial charge on any atom is -0.489 e. The van der Waals surface area contributed by atoms with Crippen LogP contribution in [-0.4, -0.2) is 31.2 Å². The van der Waals surface area contributed by atoms with Crippen LogP contribution < -0.4 is 15.5 Å². The lowest BCUT2D eigenvalue weighted by Gasteiger charge is -2.08. The highest BCUT2D eigenvalue weighted by Crippen LogP contribution is 2.21. The normalized spacial score (nSPS) is 10.4. The molecule has 27 heavy (non-hydrogen) atoms. The first-order valence-electron chi connectivity index (χ1n) is 7.89. The maximum Gasteiger partial charge on any atom is 0.259 e. The molecule has 2 amide bonds. The molecule has 0 aromatic heterocycles. The number of hydrazone groups is 1. The average Bonchev–Trinajstić information content (AvgIpc) is 2.66. The van der Waals surface area contributed by atoms with Crippen molar-refractivity contribution in [3.63, 3.8) is 0 Å². The van der Waals surface area contributed by atoms with Crippen molar-refractivity contribution < 1.29 is 14.3 Å². The number of nitrogens with one attached hydrogen (secondary N) is 2. The number of hydrogen-bond acceptors (Lipinski definition) is 4. The smallest absolute Gasteiger partial charge is 0.259 e. The van der Waals surface area contributed by atoms with Crippen LogP contribution in [0.2, 0.25) is 0 Å². The summed E-state index contributed by atoms with van der Waals surface area (Å²) in [5.41, 5.74) is 3.59. The van der Waals surface area contributed by atoms with Crippen LogP contribution in [0.25, 0.3) is 0 Å². The molecule has 0 radical (unpaired) electrons. The third-order valence-electron chi connectivity index (χ3n) is 3.25. The summed E-state index contributed by atoms with van der Waals surface area (Å²) >= 11 is 5.45. The van der Waals surface area contributed by atoms with E-state index in [1.165, 1.54) is 6.21 Å². The fourth-order valence-electron chi connectivity index (χ4n) is 2.01. The van der Waals surface area contributed by atoms with Crippen molar-refractivity contribution in [1.29, 1.82) is 0 Å². The topological polar surface area (TPSA) is 79.8 Å². The Morgan fingerprint density at radius 1 is 1.26 bits per heavy atom. The summed E-state index contributed by atoms with van der Waals surface area (Å²) in [6.07, 6.45) is 3.12. The van der Waals surface area contributed by atoms with E-state index in [0.29, 0.717) is 23.5 Å². The molecule has 0 atom stereocenters. The molecule has 0 heterocycles. The number of carbonyl (C=O) groups excluding carboxylic acids is 2. The zero-order valence-corrected chi connectivity index (χ0v) is 18.0. The van der Waals surface area contributed by atoms with E-state index in [1.807, 2.05) is 24.3 Å². The highest BCUT2D eigenvalue weighted by atomic mass is 127. The number of nitrogens with zero attached hydrogens (tertiary/aromatic N) is 1. The molecule has 2 aromatic carbocycles. The van der Waals surface area contributed by atoms with Gasteiger partial charge in [-0.1, -0.05) is 40.7 Å². The highest BCUT2D eigenvalue weighted by Gasteiger charge is 2.10. The monoisotopic (exact) mass is 541 g/mol. The van der Waals surface area contributed by atoms with Gasteiger partial charge in [0.05, 0.1) is 18.3 Å². The molecule has 0 bridgehead atoms. The fourth-order valence-corrected chi connectivity index (χ4v) is 3.03. The predicted octanol–water partition coefficient (Wildman–Crippen LogP) is 3.50. The standard InChI is InChI=1S/C19H17BrIN3O3/c1-2-9-27-17-8-7-14(20)10-13(17)11-23-24-18(25)12-22-19(26)15-5-3-4-6-16(15)21/h2-8,10-11H,1,9,12H2,(H,22,26)(H,24,25)/b23-11+. The van der Waals surface area contributed by atoms with Gasteiger partial charge in [-0.3, -0.25) is 9.59 Å². The van der Waals surface area contributed by atoms with E-state index >= 15 is 0 Å². The Morgan fingerprint density at radius 2 is 2.04 bits per heavy atom. The van der Waals surface area contributed by atoms with Crippen molar-refractivity contribution in [2.45, 2.75) is 0 Å². The van der Waals surface area contributed by atoms with Crippen molar-refractivity contribution in [2.24, 2.45) is 5.10 Å². The molecular formula is C19H17BrIN3O3. The second-order valence-corrected chi connectivity index (χ2v) is 7.32. The van der Waals surface area contributed by atoms with Crippen molar-refractivity contribution in [3.05, 3.63) is 74.3 Å². The van der Waals surface area contributed by atoms with Gasteiger partial charge in [0.25, 0.3) is 11.8 Å². The fraction of sp³-hybridized carbons (Fsp3) is 0.105. The molecular weight excluding hydrogens is 525 g/mol. The first kappa shape index (κ1) is 21.1. The summed E-state index contributed by atoms with van der Waals surface area (Å²) in [6.45, 7) is 3.79. The zero-order valence-electron chi connectivity index (χ0n) is 14.2. The van der Waals surface area contributed by atoms with Gasteiger partial charge in [-0.05, 0) is 52.9 Å². The van der Waals surface area contributed by atoms with Crippen LogP contribution in [0.3, 0.4) is 0 Å². The minimum absolute atomic E-state index is 0.181. The molecule has 0 spiro atoms. The second-order valence-electron chi connectivity index (χ2n) is 5.24. The maximum absolute atomic E-state index is 12.1. The molecule has 0 aliphatic carbocycles. The summed E-state index contributed by atoms with van der Waals surface area (Å²) in [4.78, 5) is 24.0. The quantitative estimate of drug-likeness (QED) is 0.232. The predicted molar refractivity (Wildman–Crippen MR) is 117 cm³/mol. The van der Waals surface area contributed by atoms with Gasteiger partial charge in [-0.2, -0.15) is 5.10 Å². The lowest BCUT2D eigenvalue weighted by molar-refractivity contribution is -0.120. The summed E-state index contributed by atoms with van der Waals surface area (Å²) < 4.78 is 7.20. The Kier molecular flexibility index (Phi) is 8.46. The maximum atomic E-state index is 12.1. The van der Waals surface area contributed by atoms with Crippen LogP contribution in [0.15, 0.2) is 64.7 Å². The Labute approximate surface area is 179 Å². The molecule has 0 saturated heterocycles. The van der Waals surface area contributed by atoms with Crippen LogP contribution in [0.1, 0.15) is 15.9 Å². The van der Waals surface area contributed by atoms with Crippen LogP contribution in [0.4, 0.5) is 0 Å². The number of ether oxygens (including phenoxy) is 1. The van der Waals surface area contributed by atoms with Gasteiger partial charge in [0, 0.05) is 13.6 Å². The number of benzene rings is 2. The van der Waals surface area contributed by atoms with E-state index in [-0.39, 0.29) is 12.5 Å². The molecule has 2 N–H and O–H groups in total. The van der Waals surface area contributed by atoms with Crippen LogP contribution in [0.5, 0.6) is 5.75 Å². The molecule has 6 nitrogen and oxygen atoms in total. The number of halogens is 2. The zero-order chi connectivity index (χ0) is 19.6. The molecule has 140 valence electrons. The van der Waals surface area contributed by atoms with Gasteiger partial charge < -0.3 is 10.1 Å². The highest BCUT2D eigenvalue weighted by molar-refractivity contribution is 14.1. The number of amides is 2. The summed E-state index contributed by atoms with van der Waals surface area (Å²) in [5.74, 6) is -0.136. The van der Waals surface area contributed by atoms with E-state index in [9.17, 15) is 9.59 Å². The lowest BCUT2D eigenvalue weighted by Crippen LogP contribution is -2.35. The third kappa shape index (κ3) is 6.79. The van der Waals surface area contributed by atoms with E-state index in [4.69, 9.17) is 4.74 Å². The average molecular weight is 542 g/mol. The lowest BCUT2D eigenvalue weighted by atomic mass is 10.2. The second kappa shape index (κ2) is 10.8. The van der Waals surface area contributed by atoms with Gasteiger partial charge >= 0.3 is 0 Å². The third-order valence-corrected chi connectivity index (χ3v) is 4.68. The molecule has 0 aliphatic rings. The number of carbonyl (C=O) groups is 2. The van der Waals surface area contributed by atoms with E-state index in [0.717, 1.165) is 8.04 Å². The molecule has 2 aromatic rings. The van der Waals surface area contributed by atoms with Crippen molar-refractivity contribution >= 4 is 56.5 Å². The molecule has 2 rings (SSSR count). The van der Waals surface area contributed by atoms with Crippen molar-refractivity contribution in [1.82, 2.24) is 10.7 Å². The Morgan fingerprint density at radius 3 is 2.78 bits per heavy atom. The van der Waals surface area contributed by atoms with Crippen LogP contribution >= 0.6 is 38.5 Å². The van der Waals surface area contributed by atoms with Crippen LogP contribution in [0, 0.1) is 3.57 Å². The summed E-state index contributed by atoms with van der Waals surface area (Å²) in [5, 5.41) is 6.48. The SMILES string of the molecule is C=CCOc1ccc(Br)cc1/C=N/NC(=O)CNC(=O)c1ccccc1I. The number of rotatable bonds is 8. The van der Waals surface area contributed by atoms with E-state index in [1.54, 1.807) is 24.3 Å². The van der Waals surface area contributed by atoms with Gasteiger partial charge in [-0.25, -0.2) is 5.43 Å². The first-order valence-corrected chi connectivity index (χ1v) is 9.76. The van der Waals surface area contributed by atoms with Crippen LogP contribution in [-0.2, 0) is 4.79 Å². The molecule has 8 heteroatoms. The van der Waals surface area contributed by atoms with Crippen molar-refractivity contribution in [2.75, 3.05) is 13.2 Å². The molecule has 0 unspecified atom stereocenters. The van der Waals surface area contributed by atoms with Gasteiger partial charge in [0.1, 0.15) is 12.4 Å². The van der Waals surface area contributed by atoms with Crippen molar-refractivity contribution in [3.8, 4) is 5.75 Å². The Hall–Kier alpha value is -2.20. The van der Waals surface area contributed by atoms with Gasteiger partial charge in [0.2, 0.25) is 0 Å². The first-order chi connectivity index (χ1) is 13.0. The molecule has 0 fully saturated rings.